The highest BCUT2D eigenvalue weighted by molar-refractivity contribution is 5.87. The number of para-hydroxylation sites is 1. The highest BCUT2D eigenvalue weighted by atomic mass is 19.4. The molecular formula is C29H30F3N3O4. The number of aromatic amines is 1. The number of aromatic nitrogens is 2. The van der Waals surface area contributed by atoms with Crippen LogP contribution < -0.4 is 9.64 Å². The van der Waals surface area contributed by atoms with E-state index in [9.17, 15) is 18.0 Å². The monoisotopic (exact) mass is 541 g/mol. The molecule has 2 saturated heterocycles. The summed E-state index contributed by atoms with van der Waals surface area (Å²) in [6.07, 6.45) is 2.76. The number of benzene rings is 1. The van der Waals surface area contributed by atoms with E-state index in [4.69, 9.17) is 9.47 Å². The number of ether oxygens (including phenoxy) is 3. The highest BCUT2D eigenvalue weighted by Crippen LogP contribution is 2.46. The van der Waals surface area contributed by atoms with Gasteiger partial charge in [0.05, 0.1) is 19.8 Å². The van der Waals surface area contributed by atoms with Crippen molar-refractivity contribution in [1.82, 2.24) is 9.97 Å². The minimum Gasteiger partial charge on any atom is -0.464 e. The number of methoxy groups -OCH3 is 1. The van der Waals surface area contributed by atoms with Gasteiger partial charge in [-0.05, 0) is 62.6 Å². The molecule has 2 atom stereocenters. The molecule has 3 aromatic rings. The Balaban J connectivity index is 1.20. The normalized spacial score (nSPS) is 22.7. The van der Waals surface area contributed by atoms with Gasteiger partial charge in [-0.25, -0.2) is 9.78 Å². The summed E-state index contributed by atoms with van der Waals surface area (Å²) < 4.78 is 55.0. The molecule has 4 heterocycles. The Labute approximate surface area is 224 Å². The van der Waals surface area contributed by atoms with Crippen LogP contribution in [0.25, 0.3) is 11.1 Å². The maximum atomic E-state index is 13.1. The van der Waals surface area contributed by atoms with Gasteiger partial charge in [0.15, 0.2) is 5.69 Å². The Kier molecular flexibility index (Phi) is 6.74. The third kappa shape index (κ3) is 5.34. The summed E-state index contributed by atoms with van der Waals surface area (Å²) in [4.78, 5) is 22.2. The molecule has 3 fully saturated rings. The third-order valence-corrected chi connectivity index (χ3v) is 7.96. The van der Waals surface area contributed by atoms with Crippen LogP contribution in [0.1, 0.15) is 66.2 Å². The van der Waals surface area contributed by atoms with Crippen molar-refractivity contribution in [2.45, 2.75) is 75.6 Å². The largest absolute Gasteiger partial charge is 0.573 e. The van der Waals surface area contributed by atoms with E-state index < -0.39 is 12.3 Å². The van der Waals surface area contributed by atoms with Gasteiger partial charge in [0.25, 0.3) is 0 Å². The molecule has 6 rings (SSSR count). The molecule has 39 heavy (non-hydrogen) atoms. The number of H-pyrrole nitrogens is 1. The second kappa shape index (κ2) is 10.2. The predicted molar refractivity (Wildman–Crippen MR) is 138 cm³/mol. The number of nitrogens with one attached hydrogen (secondary N) is 1. The average molecular weight is 542 g/mol. The molecule has 206 valence electrons. The third-order valence-electron chi connectivity index (χ3n) is 7.96. The maximum Gasteiger partial charge on any atom is 0.573 e. The fourth-order valence-electron chi connectivity index (χ4n) is 6.13. The topological polar surface area (TPSA) is 76.7 Å². The molecule has 3 aliphatic rings. The number of alkyl halides is 3. The molecule has 1 aliphatic carbocycles. The van der Waals surface area contributed by atoms with Crippen molar-refractivity contribution in [3.05, 3.63) is 65.6 Å². The lowest BCUT2D eigenvalue weighted by atomic mass is 9.98. The summed E-state index contributed by atoms with van der Waals surface area (Å²) in [5, 5.41) is 0. The summed E-state index contributed by atoms with van der Waals surface area (Å²) in [5.74, 6) is 0.465. The smallest absolute Gasteiger partial charge is 0.464 e. The van der Waals surface area contributed by atoms with Crippen molar-refractivity contribution in [3.8, 4) is 16.9 Å². The van der Waals surface area contributed by atoms with Crippen LogP contribution in [-0.2, 0) is 16.1 Å². The molecule has 0 radical (unpaired) electrons. The number of piperidine rings is 1. The van der Waals surface area contributed by atoms with E-state index in [0.29, 0.717) is 23.7 Å². The van der Waals surface area contributed by atoms with Crippen molar-refractivity contribution >= 4 is 11.8 Å². The first-order chi connectivity index (χ1) is 18.8. The zero-order valence-corrected chi connectivity index (χ0v) is 21.5. The van der Waals surface area contributed by atoms with Crippen LogP contribution in [0.15, 0.2) is 48.7 Å². The van der Waals surface area contributed by atoms with Crippen molar-refractivity contribution in [2.24, 2.45) is 0 Å². The van der Waals surface area contributed by atoms with Gasteiger partial charge in [0, 0.05) is 40.7 Å². The Morgan fingerprint density at radius 3 is 2.46 bits per heavy atom. The number of esters is 1. The second-order valence-corrected chi connectivity index (χ2v) is 10.5. The van der Waals surface area contributed by atoms with E-state index in [0.717, 1.165) is 55.6 Å². The number of fused-ring (bicyclic) bond motifs is 2. The molecule has 1 saturated carbocycles. The number of halogens is 3. The van der Waals surface area contributed by atoms with Crippen molar-refractivity contribution in [3.63, 3.8) is 0 Å². The molecule has 1 N–H and O–H groups in total. The summed E-state index contributed by atoms with van der Waals surface area (Å²) in [6.45, 7) is 0.311. The Hall–Kier alpha value is -3.53. The van der Waals surface area contributed by atoms with E-state index in [-0.39, 0.29) is 29.6 Å². The Bertz CT molecular complexity index is 1340. The van der Waals surface area contributed by atoms with Gasteiger partial charge in [-0.3, -0.25) is 0 Å². The van der Waals surface area contributed by atoms with Crippen LogP contribution in [0.3, 0.4) is 0 Å². The van der Waals surface area contributed by atoms with Gasteiger partial charge in [-0.2, -0.15) is 0 Å². The van der Waals surface area contributed by atoms with Crippen LogP contribution in [0.5, 0.6) is 5.75 Å². The number of carbonyl (C=O) groups excluding carboxylic acids is 1. The van der Waals surface area contributed by atoms with Crippen LogP contribution >= 0.6 is 0 Å². The molecule has 0 spiro atoms. The number of rotatable bonds is 8. The molecule has 2 aromatic heterocycles. The Morgan fingerprint density at radius 2 is 1.77 bits per heavy atom. The lowest BCUT2D eigenvalue weighted by molar-refractivity contribution is -0.274. The SMILES string of the molecule is COC(=O)c1cccc(N2C3CCC2CC(OCc2c(-c4ccccc4OC(F)(F)F)c[nH]c2C2CC2)C3)n1. The first-order valence-electron chi connectivity index (χ1n) is 13.3. The number of hydrogen-bond donors (Lipinski definition) is 1. The van der Waals surface area contributed by atoms with Crippen molar-refractivity contribution in [1.29, 1.82) is 0 Å². The fraction of sp³-hybridized carbons (Fsp3) is 0.448. The quantitative estimate of drug-likeness (QED) is 0.335. The number of pyridine rings is 1. The first-order valence-corrected chi connectivity index (χ1v) is 13.3. The molecule has 2 bridgehead atoms. The van der Waals surface area contributed by atoms with Gasteiger partial charge < -0.3 is 24.1 Å². The highest BCUT2D eigenvalue weighted by Gasteiger charge is 2.42. The number of anilines is 1. The molecule has 2 aliphatic heterocycles. The zero-order chi connectivity index (χ0) is 27.1. The summed E-state index contributed by atoms with van der Waals surface area (Å²) >= 11 is 0. The lowest BCUT2D eigenvalue weighted by Gasteiger charge is -2.39. The molecule has 2 unspecified atom stereocenters. The Morgan fingerprint density at radius 1 is 1.03 bits per heavy atom. The summed E-state index contributed by atoms with van der Waals surface area (Å²) in [6, 6.07) is 12.1. The average Bonchev–Trinajstić information content (AvgIpc) is 3.62. The molecule has 7 nitrogen and oxygen atoms in total. The van der Waals surface area contributed by atoms with Gasteiger partial charge >= 0.3 is 12.3 Å². The van der Waals surface area contributed by atoms with Gasteiger partial charge in [0.1, 0.15) is 11.6 Å². The van der Waals surface area contributed by atoms with Crippen LogP contribution in [-0.4, -0.2) is 47.6 Å². The van der Waals surface area contributed by atoms with E-state index in [1.807, 2.05) is 12.1 Å². The van der Waals surface area contributed by atoms with E-state index >= 15 is 0 Å². The summed E-state index contributed by atoms with van der Waals surface area (Å²) in [7, 11) is 1.34. The lowest BCUT2D eigenvalue weighted by Crippen LogP contribution is -2.46. The zero-order valence-electron chi connectivity index (χ0n) is 21.5. The first kappa shape index (κ1) is 25.7. The number of carbonyl (C=O) groups is 1. The van der Waals surface area contributed by atoms with E-state index in [1.54, 1.807) is 24.4 Å². The van der Waals surface area contributed by atoms with E-state index in [2.05, 4.69) is 19.6 Å². The minimum atomic E-state index is -4.78. The molecule has 0 amide bonds. The van der Waals surface area contributed by atoms with E-state index in [1.165, 1.54) is 19.2 Å². The molecule has 10 heteroatoms. The molecular weight excluding hydrogens is 511 g/mol. The number of nitrogens with zero attached hydrogens (tertiary/aromatic N) is 2. The maximum absolute atomic E-state index is 13.1. The van der Waals surface area contributed by atoms with Crippen molar-refractivity contribution < 1.29 is 32.2 Å². The van der Waals surface area contributed by atoms with Gasteiger partial charge in [-0.1, -0.05) is 24.3 Å². The predicted octanol–water partition coefficient (Wildman–Crippen LogP) is 6.36. The van der Waals surface area contributed by atoms with Crippen LogP contribution in [0, 0.1) is 0 Å². The fourth-order valence-corrected chi connectivity index (χ4v) is 6.13. The second-order valence-electron chi connectivity index (χ2n) is 10.5. The van der Waals surface area contributed by atoms with Gasteiger partial charge in [0.2, 0.25) is 0 Å². The minimum absolute atomic E-state index is 0.0130. The van der Waals surface area contributed by atoms with Crippen LogP contribution in [0.2, 0.25) is 0 Å². The summed E-state index contributed by atoms with van der Waals surface area (Å²) in [5.41, 5.74) is 3.30. The van der Waals surface area contributed by atoms with Gasteiger partial charge in [-0.15, -0.1) is 13.2 Å². The van der Waals surface area contributed by atoms with Crippen LogP contribution in [0.4, 0.5) is 19.0 Å². The standard InChI is InChI=1S/C29H30F3N3O4/c1-37-28(36)24-6-4-8-26(34-24)35-18-11-12-19(35)14-20(13-18)38-16-23-22(15-33-27(23)17-9-10-17)21-5-2-3-7-25(21)39-29(30,31)32/h2-8,15,17-20,33H,9-14,16H2,1H3. The number of hydrogen-bond acceptors (Lipinski definition) is 6. The molecule has 1 aromatic carbocycles. The van der Waals surface area contributed by atoms with Crippen molar-refractivity contribution in [2.75, 3.05) is 12.0 Å².